The molecule has 0 aliphatic rings. The molecule has 2 rings (SSSR count). The molecule has 1 heterocycles. The van der Waals surface area contributed by atoms with E-state index in [0.717, 1.165) is 34.7 Å². The van der Waals surface area contributed by atoms with Crippen LogP contribution >= 0.6 is 31.9 Å². The van der Waals surface area contributed by atoms with Crippen molar-refractivity contribution in [3.05, 3.63) is 39.4 Å². The molecule has 0 spiro atoms. The Balaban J connectivity index is 2.25. The number of hydrogen-bond acceptors (Lipinski definition) is 2. The summed E-state index contributed by atoms with van der Waals surface area (Å²) in [6.45, 7) is 2.93. The van der Waals surface area contributed by atoms with Crippen molar-refractivity contribution in [2.75, 3.05) is 5.33 Å². The fourth-order valence-corrected chi connectivity index (χ4v) is 3.12. The van der Waals surface area contributed by atoms with Crippen molar-refractivity contribution in [3.63, 3.8) is 0 Å². The maximum Gasteiger partial charge on any atom is 0.261 e. The van der Waals surface area contributed by atoms with Crippen molar-refractivity contribution >= 4 is 42.8 Å². The Labute approximate surface area is 129 Å². The number of rotatable bonds is 5. The van der Waals surface area contributed by atoms with Gasteiger partial charge in [0, 0.05) is 16.3 Å². The molecule has 0 fully saturated rings. The van der Waals surface area contributed by atoms with Gasteiger partial charge in [0.1, 0.15) is 0 Å². The minimum absolute atomic E-state index is 0.0392. The molecule has 0 amide bonds. The van der Waals surface area contributed by atoms with E-state index in [9.17, 15) is 4.79 Å². The van der Waals surface area contributed by atoms with Gasteiger partial charge in [-0.05, 0) is 37.0 Å². The van der Waals surface area contributed by atoms with Crippen LogP contribution in [0.5, 0.6) is 0 Å². The number of nitrogens with zero attached hydrogens (tertiary/aromatic N) is 2. The summed E-state index contributed by atoms with van der Waals surface area (Å²) in [5.74, 6) is 0.601. The Morgan fingerprint density at radius 2 is 2.16 bits per heavy atom. The molecule has 1 atom stereocenters. The summed E-state index contributed by atoms with van der Waals surface area (Å²) in [6.07, 6.45) is 3.77. The Hall–Kier alpha value is -0.680. The van der Waals surface area contributed by atoms with E-state index in [-0.39, 0.29) is 5.56 Å². The molecule has 0 radical (unpaired) electrons. The van der Waals surface area contributed by atoms with Crippen LogP contribution in [0.2, 0.25) is 0 Å². The molecule has 19 heavy (non-hydrogen) atoms. The van der Waals surface area contributed by atoms with Crippen LogP contribution in [0.1, 0.15) is 19.8 Å². The Bertz CT molecular complexity index is 624. The second-order valence-corrected chi connectivity index (χ2v) is 6.48. The van der Waals surface area contributed by atoms with Crippen LogP contribution < -0.4 is 5.56 Å². The second kappa shape index (κ2) is 6.66. The Kier molecular flexibility index (Phi) is 5.16. The lowest BCUT2D eigenvalue weighted by Crippen LogP contribution is -2.21. The third-order valence-electron chi connectivity index (χ3n) is 3.25. The lowest BCUT2D eigenvalue weighted by Gasteiger charge is -2.11. The SMILES string of the molecule is CC(CCBr)CCn1cnc2ccc(Br)cc2c1=O. The first-order valence-corrected chi connectivity index (χ1v) is 8.24. The predicted molar refractivity (Wildman–Crippen MR) is 85.9 cm³/mol. The van der Waals surface area contributed by atoms with Gasteiger partial charge in [0.15, 0.2) is 0 Å². The summed E-state index contributed by atoms with van der Waals surface area (Å²) in [6, 6.07) is 5.60. The highest BCUT2D eigenvalue weighted by molar-refractivity contribution is 9.10. The van der Waals surface area contributed by atoms with Gasteiger partial charge >= 0.3 is 0 Å². The van der Waals surface area contributed by atoms with Gasteiger partial charge in [-0.3, -0.25) is 9.36 Å². The lowest BCUT2D eigenvalue weighted by atomic mass is 10.1. The molecule has 0 aliphatic carbocycles. The number of alkyl halides is 1. The summed E-state index contributed by atoms with van der Waals surface area (Å²) in [5.41, 5.74) is 0.787. The molecule has 1 aromatic carbocycles. The van der Waals surface area contributed by atoms with Crippen molar-refractivity contribution in [2.45, 2.75) is 26.3 Å². The van der Waals surface area contributed by atoms with Gasteiger partial charge in [-0.25, -0.2) is 4.98 Å². The zero-order valence-corrected chi connectivity index (χ0v) is 13.9. The number of benzene rings is 1. The lowest BCUT2D eigenvalue weighted by molar-refractivity contribution is 0.465. The normalized spacial score (nSPS) is 12.8. The molecule has 102 valence electrons. The van der Waals surface area contributed by atoms with E-state index >= 15 is 0 Å². The van der Waals surface area contributed by atoms with Crippen molar-refractivity contribution in [1.82, 2.24) is 9.55 Å². The van der Waals surface area contributed by atoms with Gasteiger partial charge in [0.2, 0.25) is 0 Å². The molecule has 0 bridgehead atoms. The first-order chi connectivity index (χ1) is 9.11. The van der Waals surface area contributed by atoms with E-state index < -0.39 is 0 Å². The van der Waals surface area contributed by atoms with Crippen LogP contribution in [-0.4, -0.2) is 14.9 Å². The summed E-state index contributed by atoms with van der Waals surface area (Å²) < 4.78 is 2.61. The minimum atomic E-state index is 0.0392. The zero-order chi connectivity index (χ0) is 13.8. The molecule has 0 saturated heterocycles. The van der Waals surface area contributed by atoms with Crippen LogP contribution in [0.25, 0.3) is 10.9 Å². The molecule has 1 unspecified atom stereocenters. The minimum Gasteiger partial charge on any atom is -0.299 e. The molecular weight excluding hydrogens is 372 g/mol. The highest BCUT2D eigenvalue weighted by Crippen LogP contribution is 2.15. The van der Waals surface area contributed by atoms with E-state index in [1.807, 2.05) is 18.2 Å². The van der Waals surface area contributed by atoms with E-state index in [0.29, 0.717) is 11.3 Å². The first kappa shape index (κ1) is 14.7. The van der Waals surface area contributed by atoms with Gasteiger partial charge < -0.3 is 0 Å². The smallest absolute Gasteiger partial charge is 0.261 e. The van der Waals surface area contributed by atoms with Crippen molar-refractivity contribution in [1.29, 1.82) is 0 Å². The zero-order valence-electron chi connectivity index (χ0n) is 10.8. The fourth-order valence-electron chi connectivity index (χ4n) is 1.98. The number of halogens is 2. The molecule has 0 N–H and O–H groups in total. The van der Waals surface area contributed by atoms with Gasteiger partial charge in [-0.15, -0.1) is 0 Å². The maximum atomic E-state index is 12.3. The van der Waals surface area contributed by atoms with Crippen molar-refractivity contribution in [2.24, 2.45) is 5.92 Å². The maximum absolute atomic E-state index is 12.3. The Morgan fingerprint density at radius 3 is 2.89 bits per heavy atom. The van der Waals surface area contributed by atoms with Crippen molar-refractivity contribution in [3.8, 4) is 0 Å². The molecule has 5 heteroatoms. The number of aryl methyl sites for hydroxylation is 1. The monoisotopic (exact) mass is 386 g/mol. The van der Waals surface area contributed by atoms with Gasteiger partial charge in [0.25, 0.3) is 5.56 Å². The summed E-state index contributed by atoms with van der Waals surface area (Å²) in [4.78, 5) is 16.7. The van der Waals surface area contributed by atoms with E-state index in [1.54, 1.807) is 10.9 Å². The van der Waals surface area contributed by atoms with Crippen LogP contribution in [-0.2, 0) is 6.54 Å². The predicted octanol–water partition coefficient (Wildman–Crippen LogP) is 3.97. The standard InChI is InChI=1S/C14H16Br2N2O/c1-10(4-6-15)5-7-18-9-17-13-3-2-11(16)8-12(13)14(18)19/h2-3,8-10H,4-7H2,1H3. The average molecular weight is 388 g/mol. The molecule has 3 nitrogen and oxygen atoms in total. The third kappa shape index (κ3) is 3.66. The fraction of sp³-hybridized carbons (Fsp3) is 0.429. The molecule has 1 aromatic heterocycles. The summed E-state index contributed by atoms with van der Waals surface area (Å²) in [7, 11) is 0. The Morgan fingerprint density at radius 1 is 1.37 bits per heavy atom. The molecular formula is C14H16Br2N2O. The van der Waals surface area contributed by atoms with E-state index in [2.05, 4.69) is 43.8 Å². The van der Waals surface area contributed by atoms with Crippen molar-refractivity contribution < 1.29 is 0 Å². The van der Waals surface area contributed by atoms with Gasteiger partial charge in [0.05, 0.1) is 17.2 Å². The first-order valence-electron chi connectivity index (χ1n) is 6.32. The van der Waals surface area contributed by atoms with Crippen LogP contribution in [0.15, 0.2) is 33.8 Å². The molecule has 0 aliphatic heterocycles. The summed E-state index contributed by atoms with van der Waals surface area (Å²) in [5, 5.41) is 1.68. The average Bonchev–Trinajstić information content (AvgIpc) is 2.39. The van der Waals surface area contributed by atoms with Gasteiger partial charge in [-0.1, -0.05) is 38.8 Å². The topological polar surface area (TPSA) is 34.9 Å². The van der Waals surface area contributed by atoms with E-state index in [4.69, 9.17) is 0 Å². The molecule has 2 aromatic rings. The van der Waals surface area contributed by atoms with Crippen LogP contribution in [0, 0.1) is 5.92 Å². The summed E-state index contributed by atoms with van der Waals surface area (Å²) >= 11 is 6.84. The third-order valence-corrected chi connectivity index (χ3v) is 4.20. The number of hydrogen-bond donors (Lipinski definition) is 0. The second-order valence-electron chi connectivity index (χ2n) is 4.78. The van der Waals surface area contributed by atoms with Gasteiger partial charge in [-0.2, -0.15) is 0 Å². The highest BCUT2D eigenvalue weighted by atomic mass is 79.9. The number of fused-ring (bicyclic) bond motifs is 1. The van der Waals surface area contributed by atoms with E-state index in [1.165, 1.54) is 0 Å². The highest BCUT2D eigenvalue weighted by Gasteiger charge is 2.06. The largest absolute Gasteiger partial charge is 0.299 e. The van der Waals surface area contributed by atoms with Crippen LogP contribution in [0.4, 0.5) is 0 Å². The molecule has 0 saturated carbocycles. The van der Waals surface area contributed by atoms with Crippen LogP contribution in [0.3, 0.4) is 0 Å². The number of aromatic nitrogens is 2. The quantitative estimate of drug-likeness (QED) is 0.727.